The second-order valence-electron chi connectivity index (χ2n) is 7.51. The van der Waals surface area contributed by atoms with Gasteiger partial charge in [0.2, 0.25) is 0 Å². The summed E-state index contributed by atoms with van der Waals surface area (Å²) in [7, 11) is 1.45. The fraction of sp³-hybridized carbons (Fsp3) is 0.526. The van der Waals surface area contributed by atoms with Crippen LogP contribution >= 0.6 is 15.9 Å². The average Bonchev–Trinajstić information content (AvgIpc) is 3.16. The zero-order valence-corrected chi connectivity index (χ0v) is 17.8. The molecule has 0 aliphatic carbocycles. The Morgan fingerprint density at radius 2 is 2.07 bits per heavy atom. The van der Waals surface area contributed by atoms with Crippen molar-refractivity contribution >= 4 is 21.9 Å². The number of carboxylic acids is 1. The molecule has 2 aliphatic heterocycles. The molecular weight excluding hydrogens is 446 g/mol. The van der Waals surface area contributed by atoms with Gasteiger partial charge in [0.25, 0.3) is 0 Å². The van der Waals surface area contributed by atoms with E-state index in [-0.39, 0.29) is 6.61 Å². The Hall–Kier alpha value is -1.85. The maximum atomic E-state index is 11.8. The number of benzene rings is 1. The molecule has 0 radical (unpaired) electrons. The van der Waals surface area contributed by atoms with Crippen molar-refractivity contribution in [2.75, 3.05) is 13.7 Å². The van der Waals surface area contributed by atoms with Gasteiger partial charge in [0.15, 0.2) is 11.9 Å². The summed E-state index contributed by atoms with van der Waals surface area (Å²) < 4.78 is 25.7. The quantitative estimate of drug-likeness (QED) is 0.729. The second-order valence-corrected chi connectivity index (χ2v) is 8.42. The lowest BCUT2D eigenvalue weighted by Gasteiger charge is -2.50. The Kier molecular flexibility index (Phi) is 5.47. The van der Waals surface area contributed by atoms with Gasteiger partial charge in [-0.2, -0.15) is 0 Å². The minimum atomic E-state index is -1.18. The Morgan fingerprint density at radius 3 is 2.72 bits per heavy atom. The van der Waals surface area contributed by atoms with Crippen LogP contribution in [0.25, 0.3) is 11.3 Å². The third-order valence-electron chi connectivity index (χ3n) is 5.15. The van der Waals surface area contributed by atoms with Gasteiger partial charge in [-0.15, -0.1) is 5.10 Å². The SMILES string of the molecule is CO[C@@H]1[C@@H](n2cc(-c3ccc(Br)cc3)nn2)[C@H]2OC(C)(C)OC[C@H]2O[C@H]1C(=O)O. The number of rotatable bonds is 4. The van der Waals surface area contributed by atoms with Crippen LogP contribution in [0.3, 0.4) is 0 Å². The topological polar surface area (TPSA) is 105 Å². The lowest BCUT2D eigenvalue weighted by molar-refractivity contribution is -0.347. The van der Waals surface area contributed by atoms with E-state index in [0.717, 1.165) is 10.0 Å². The van der Waals surface area contributed by atoms with Crippen molar-refractivity contribution in [3.05, 3.63) is 34.9 Å². The first-order valence-electron chi connectivity index (χ1n) is 9.19. The number of methoxy groups -OCH3 is 1. The number of hydrogen-bond acceptors (Lipinski definition) is 7. The maximum Gasteiger partial charge on any atom is 0.335 e. The van der Waals surface area contributed by atoms with Gasteiger partial charge in [-0.25, -0.2) is 9.48 Å². The Labute approximate surface area is 176 Å². The van der Waals surface area contributed by atoms with Crippen molar-refractivity contribution in [3.63, 3.8) is 0 Å². The number of halogens is 1. The third kappa shape index (κ3) is 3.95. The van der Waals surface area contributed by atoms with Crippen LogP contribution in [0.15, 0.2) is 34.9 Å². The minimum Gasteiger partial charge on any atom is -0.479 e. The number of carbonyl (C=O) groups is 1. The minimum absolute atomic E-state index is 0.211. The van der Waals surface area contributed by atoms with E-state index in [9.17, 15) is 9.90 Å². The molecule has 1 N–H and O–H groups in total. The van der Waals surface area contributed by atoms with Crippen LogP contribution in [0.1, 0.15) is 19.9 Å². The van der Waals surface area contributed by atoms with Gasteiger partial charge >= 0.3 is 5.97 Å². The molecule has 1 aromatic heterocycles. The predicted molar refractivity (Wildman–Crippen MR) is 104 cm³/mol. The highest BCUT2D eigenvalue weighted by Crippen LogP contribution is 2.39. The molecule has 2 fully saturated rings. The van der Waals surface area contributed by atoms with Gasteiger partial charge in [0, 0.05) is 17.1 Å². The largest absolute Gasteiger partial charge is 0.479 e. The third-order valence-corrected chi connectivity index (χ3v) is 5.67. The highest BCUT2D eigenvalue weighted by molar-refractivity contribution is 9.10. The summed E-state index contributed by atoms with van der Waals surface area (Å²) in [5.41, 5.74) is 1.55. The zero-order chi connectivity index (χ0) is 20.8. The molecule has 0 amide bonds. The Morgan fingerprint density at radius 1 is 1.34 bits per heavy atom. The molecule has 5 atom stereocenters. The van der Waals surface area contributed by atoms with E-state index in [4.69, 9.17) is 18.9 Å². The van der Waals surface area contributed by atoms with Crippen molar-refractivity contribution in [2.24, 2.45) is 0 Å². The van der Waals surface area contributed by atoms with Gasteiger partial charge in [0.05, 0.1) is 12.8 Å². The van der Waals surface area contributed by atoms with Crippen molar-refractivity contribution in [3.8, 4) is 11.3 Å². The van der Waals surface area contributed by atoms with Crippen molar-refractivity contribution in [1.29, 1.82) is 0 Å². The number of ether oxygens (including phenoxy) is 4. The number of hydrogen-bond donors (Lipinski definition) is 1. The summed E-state index contributed by atoms with van der Waals surface area (Å²) >= 11 is 3.42. The second kappa shape index (κ2) is 7.77. The van der Waals surface area contributed by atoms with E-state index in [0.29, 0.717) is 5.69 Å². The van der Waals surface area contributed by atoms with Gasteiger partial charge in [-0.05, 0) is 26.0 Å². The average molecular weight is 468 g/mol. The molecule has 4 rings (SSSR count). The molecule has 3 heterocycles. The van der Waals surface area contributed by atoms with Crippen LogP contribution in [0, 0.1) is 0 Å². The zero-order valence-electron chi connectivity index (χ0n) is 16.2. The number of fused-ring (bicyclic) bond motifs is 1. The summed E-state index contributed by atoms with van der Waals surface area (Å²) in [6.45, 7) is 3.82. The molecule has 1 aromatic carbocycles. The van der Waals surface area contributed by atoms with Crippen LogP contribution in [-0.2, 0) is 23.7 Å². The van der Waals surface area contributed by atoms with E-state index in [2.05, 4.69) is 26.2 Å². The lowest BCUT2D eigenvalue weighted by Crippen LogP contribution is -2.64. The highest BCUT2D eigenvalue weighted by Gasteiger charge is 2.54. The molecule has 10 heteroatoms. The lowest BCUT2D eigenvalue weighted by atomic mass is 9.91. The van der Waals surface area contributed by atoms with Crippen LogP contribution < -0.4 is 0 Å². The van der Waals surface area contributed by atoms with Gasteiger partial charge < -0.3 is 24.1 Å². The summed E-state index contributed by atoms with van der Waals surface area (Å²) in [4.78, 5) is 11.8. The van der Waals surface area contributed by atoms with Crippen LogP contribution in [0.2, 0.25) is 0 Å². The number of nitrogens with zero attached hydrogens (tertiary/aromatic N) is 3. The molecule has 2 aliphatic rings. The Bertz CT molecular complexity index is 886. The van der Waals surface area contributed by atoms with Crippen LogP contribution in [-0.4, -0.2) is 70.0 Å². The van der Waals surface area contributed by atoms with Crippen molar-refractivity contribution in [2.45, 2.75) is 50.1 Å². The highest BCUT2D eigenvalue weighted by atomic mass is 79.9. The van der Waals surface area contributed by atoms with Gasteiger partial charge in [-0.3, -0.25) is 0 Å². The first-order chi connectivity index (χ1) is 13.8. The molecule has 0 unspecified atom stereocenters. The summed E-state index contributed by atoms with van der Waals surface area (Å²) in [5, 5.41) is 18.2. The first-order valence-corrected chi connectivity index (χ1v) is 9.99. The molecule has 2 aromatic rings. The summed E-state index contributed by atoms with van der Waals surface area (Å²) in [5.74, 6) is -1.95. The fourth-order valence-electron chi connectivity index (χ4n) is 3.79. The van der Waals surface area contributed by atoms with Gasteiger partial charge in [0.1, 0.15) is 30.0 Å². The van der Waals surface area contributed by atoms with E-state index in [1.165, 1.54) is 7.11 Å². The van der Waals surface area contributed by atoms with E-state index in [1.54, 1.807) is 24.7 Å². The van der Waals surface area contributed by atoms with Crippen molar-refractivity contribution < 1.29 is 28.8 Å². The molecule has 0 saturated carbocycles. The predicted octanol–water partition coefficient (Wildman–Crippen LogP) is 2.27. The van der Waals surface area contributed by atoms with E-state index >= 15 is 0 Å². The monoisotopic (exact) mass is 467 g/mol. The molecule has 9 nitrogen and oxygen atoms in total. The molecule has 29 heavy (non-hydrogen) atoms. The van der Waals surface area contributed by atoms with Crippen LogP contribution in [0.4, 0.5) is 0 Å². The normalized spacial score (nSPS) is 31.2. The fourth-order valence-corrected chi connectivity index (χ4v) is 4.06. The molecule has 0 spiro atoms. The molecular formula is C19H22BrN3O6. The maximum absolute atomic E-state index is 11.8. The Balaban J connectivity index is 1.72. The summed E-state index contributed by atoms with van der Waals surface area (Å²) in [6, 6.07) is 7.13. The number of aromatic nitrogens is 3. The van der Waals surface area contributed by atoms with Crippen molar-refractivity contribution in [1.82, 2.24) is 15.0 Å². The van der Waals surface area contributed by atoms with Crippen LogP contribution in [0.5, 0.6) is 0 Å². The smallest absolute Gasteiger partial charge is 0.335 e. The molecule has 156 valence electrons. The number of aliphatic carboxylic acids is 1. The van der Waals surface area contributed by atoms with E-state index in [1.807, 2.05) is 24.3 Å². The number of carboxylic acid groups (broad SMARTS) is 1. The standard InChI is InChI=1S/C19H22BrN3O6/c1-19(2)27-9-13-15(29-19)14(16(26-3)17(28-13)18(24)25)23-8-12(21-22-23)10-4-6-11(20)7-5-10/h4-8,13-17H,9H2,1-3H3,(H,24,25)/t13-,14+,15+,16-,17-/m1/s1. The molecule has 0 bridgehead atoms. The molecule has 2 saturated heterocycles. The van der Waals surface area contributed by atoms with Gasteiger partial charge in [-0.1, -0.05) is 33.3 Å². The summed E-state index contributed by atoms with van der Waals surface area (Å²) in [6.07, 6.45) is -1.31. The first kappa shape index (κ1) is 20.4. The van der Waals surface area contributed by atoms with E-state index < -0.39 is 42.2 Å².